The van der Waals surface area contributed by atoms with Crippen molar-refractivity contribution < 1.29 is 14.6 Å². The van der Waals surface area contributed by atoms with Crippen molar-refractivity contribution in [2.75, 3.05) is 0 Å². The summed E-state index contributed by atoms with van der Waals surface area (Å²) in [5.74, 6) is 0.150. The van der Waals surface area contributed by atoms with Gasteiger partial charge in [-0.1, -0.05) is 18.6 Å². The highest BCUT2D eigenvalue weighted by Crippen LogP contribution is 2.49. The Labute approximate surface area is 126 Å². The minimum Gasteiger partial charge on any atom is -0.490 e. The molecule has 21 heavy (non-hydrogen) atoms. The normalized spacial score (nSPS) is 21.0. The van der Waals surface area contributed by atoms with Crippen LogP contribution in [0.15, 0.2) is 12.1 Å². The van der Waals surface area contributed by atoms with Gasteiger partial charge in [0.15, 0.2) is 0 Å². The molecule has 3 nitrogen and oxygen atoms in total. The zero-order valence-corrected chi connectivity index (χ0v) is 12.9. The van der Waals surface area contributed by atoms with Gasteiger partial charge in [-0.15, -0.1) is 0 Å². The van der Waals surface area contributed by atoms with Crippen LogP contribution in [-0.2, 0) is 10.2 Å². The molecule has 0 saturated heterocycles. The van der Waals surface area contributed by atoms with Crippen molar-refractivity contribution in [1.29, 1.82) is 0 Å². The predicted octanol–water partition coefficient (Wildman–Crippen LogP) is 4.13. The molecule has 0 aliphatic heterocycles. The first-order valence-corrected chi connectivity index (χ1v) is 8.05. The van der Waals surface area contributed by atoms with Crippen LogP contribution in [0.3, 0.4) is 0 Å². The van der Waals surface area contributed by atoms with Gasteiger partial charge in [0, 0.05) is 5.56 Å². The second-order valence-corrected chi connectivity index (χ2v) is 6.65. The summed E-state index contributed by atoms with van der Waals surface area (Å²) >= 11 is 0. The molecule has 1 aromatic rings. The third kappa shape index (κ3) is 2.33. The molecule has 2 aliphatic rings. The predicted molar refractivity (Wildman–Crippen MR) is 82.0 cm³/mol. The summed E-state index contributed by atoms with van der Waals surface area (Å²) in [6.07, 6.45) is 7.32. The van der Waals surface area contributed by atoms with Crippen molar-refractivity contribution in [3.8, 4) is 5.75 Å². The average Bonchev–Trinajstić information content (AvgIpc) is 2.88. The fourth-order valence-corrected chi connectivity index (χ4v) is 3.62. The lowest BCUT2D eigenvalue weighted by molar-refractivity contribution is -0.147. The summed E-state index contributed by atoms with van der Waals surface area (Å²) in [6, 6.07) is 4.02. The largest absolute Gasteiger partial charge is 0.490 e. The Balaban J connectivity index is 2.03. The van der Waals surface area contributed by atoms with Gasteiger partial charge in [0.1, 0.15) is 5.75 Å². The van der Waals surface area contributed by atoms with Crippen molar-refractivity contribution in [2.24, 2.45) is 0 Å². The van der Waals surface area contributed by atoms with Crippen LogP contribution in [0.4, 0.5) is 0 Å². The van der Waals surface area contributed by atoms with Crippen LogP contribution < -0.4 is 4.74 Å². The van der Waals surface area contributed by atoms with Crippen LogP contribution in [0, 0.1) is 13.8 Å². The number of ether oxygens (including phenoxy) is 1. The lowest BCUT2D eigenvalue weighted by Gasteiger charge is -2.39. The van der Waals surface area contributed by atoms with Crippen molar-refractivity contribution in [3.05, 3.63) is 28.8 Å². The molecule has 0 bridgehead atoms. The van der Waals surface area contributed by atoms with Crippen LogP contribution in [0.1, 0.15) is 61.6 Å². The fourth-order valence-electron chi connectivity index (χ4n) is 3.62. The maximum atomic E-state index is 11.8. The monoisotopic (exact) mass is 288 g/mol. The topological polar surface area (TPSA) is 46.5 Å². The molecule has 1 N–H and O–H groups in total. The second-order valence-electron chi connectivity index (χ2n) is 6.65. The molecule has 3 heteroatoms. The zero-order chi connectivity index (χ0) is 15.0. The summed E-state index contributed by atoms with van der Waals surface area (Å²) in [5.41, 5.74) is 2.46. The van der Waals surface area contributed by atoms with E-state index in [4.69, 9.17) is 4.74 Å². The minimum absolute atomic E-state index is 0.259. The molecule has 0 aromatic heterocycles. The van der Waals surface area contributed by atoms with Crippen molar-refractivity contribution in [1.82, 2.24) is 0 Å². The molecule has 2 fully saturated rings. The molecule has 0 spiro atoms. The van der Waals surface area contributed by atoms with E-state index in [9.17, 15) is 9.90 Å². The first kappa shape index (κ1) is 14.4. The molecule has 2 aliphatic carbocycles. The first-order chi connectivity index (χ1) is 10.0. The third-order valence-electron chi connectivity index (χ3n) is 5.40. The summed E-state index contributed by atoms with van der Waals surface area (Å²) in [4.78, 5) is 11.8. The lowest BCUT2D eigenvalue weighted by atomic mass is 9.64. The Morgan fingerprint density at radius 2 is 1.86 bits per heavy atom. The van der Waals surface area contributed by atoms with Gasteiger partial charge in [-0.25, -0.2) is 0 Å². The standard InChI is InChI=1S/C18H24O3/c1-12-8-9-15(18(17(19)20)10-5-11-18)16(13(12)2)21-14-6-3-4-7-14/h8-9,14H,3-7,10-11H2,1-2H3,(H,19,20). The molecular weight excluding hydrogens is 264 g/mol. The van der Waals surface area contributed by atoms with E-state index in [2.05, 4.69) is 13.8 Å². The number of carbonyl (C=O) groups is 1. The van der Waals surface area contributed by atoms with Crippen LogP contribution >= 0.6 is 0 Å². The van der Waals surface area contributed by atoms with E-state index >= 15 is 0 Å². The van der Waals surface area contributed by atoms with Gasteiger partial charge in [-0.3, -0.25) is 4.79 Å². The van der Waals surface area contributed by atoms with Crippen molar-refractivity contribution >= 4 is 5.97 Å². The molecule has 0 radical (unpaired) electrons. The first-order valence-electron chi connectivity index (χ1n) is 8.05. The second kappa shape index (κ2) is 5.36. The molecule has 114 valence electrons. The number of benzene rings is 1. The number of hydrogen-bond acceptors (Lipinski definition) is 2. The van der Waals surface area contributed by atoms with Crippen molar-refractivity contribution in [3.63, 3.8) is 0 Å². The number of hydrogen-bond donors (Lipinski definition) is 1. The maximum absolute atomic E-state index is 11.8. The summed E-state index contributed by atoms with van der Waals surface area (Å²) in [6.45, 7) is 4.12. The maximum Gasteiger partial charge on any atom is 0.314 e. The van der Waals surface area contributed by atoms with E-state index in [1.165, 1.54) is 18.4 Å². The Morgan fingerprint density at radius 1 is 1.19 bits per heavy atom. The Hall–Kier alpha value is -1.51. The molecular formula is C18H24O3. The SMILES string of the molecule is Cc1ccc(C2(C(=O)O)CCC2)c(OC2CCCC2)c1C. The van der Waals surface area contributed by atoms with E-state index in [1.54, 1.807) is 0 Å². The Bertz CT molecular complexity index is 552. The molecule has 0 amide bonds. The van der Waals surface area contributed by atoms with E-state index < -0.39 is 11.4 Å². The summed E-state index contributed by atoms with van der Waals surface area (Å²) in [5, 5.41) is 9.73. The third-order valence-corrected chi connectivity index (χ3v) is 5.40. The van der Waals surface area contributed by atoms with E-state index in [0.29, 0.717) is 0 Å². The number of carboxylic acids is 1. The average molecular weight is 288 g/mol. The number of rotatable bonds is 4. The van der Waals surface area contributed by atoms with Crippen LogP contribution in [0.5, 0.6) is 5.75 Å². The highest BCUT2D eigenvalue weighted by molar-refractivity contribution is 5.84. The zero-order valence-electron chi connectivity index (χ0n) is 12.9. The molecule has 0 unspecified atom stereocenters. The van der Waals surface area contributed by atoms with E-state index in [1.807, 2.05) is 12.1 Å². The van der Waals surface area contributed by atoms with Gasteiger partial charge in [0.2, 0.25) is 0 Å². The highest BCUT2D eigenvalue weighted by atomic mass is 16.5. The molecule has 0 atom stereocenters. The number of aryl methyl sites for hydroxylation is 1. The van der Waals surface area contributed by atoms with Gasteiger partial charge >= 0.3 is 5.97 Å². The van der Waals surface area contributed by atoms with E-state index in [-0.39, 0.29) is 6.10 Å². The van der Waals surface area contributed by atoms with Gasteiger partial charge in [0.25, 0.3) is 0 Å². The number of carboxylic acid groups (broad SMARTS) is 1. The van der Waals surface area contributed by atoms with Crippen LogP contribution in [-0.4, -0.2) is 17.2 Å². The molecule has 2 saturated carbocycles. The highest BCUT2D eigenvalue weighted by Gasteiger charge is 2.48. The Kier molecular flexibility index (Phi) is 3.68. The van der Waals surface area contributed by atoms with Crippen molar-refractivity contribution in [2.45, 2.75) is 70.3 Å². The van der Waals surface area contributed by atoms with Gasteiger partial charge < -0.3 is 9.84 Å². The molecule has 3 rings (SSSR count). The van der Waals surface area contributed by atoms with Gasteiger partial charge in [0.05, 0.1) is 11.5 Å². The van der Waals surface area contributed by atoms with Crippen LogP contribution in [0.2, 0.25) is 0 Å². The molecule has 0 heterocycles. The quantitative estimate of drug-likeness (QED) is 0.906. The summed E-state index contributed by atoms with van der Waals surface area (Å²) in [7, 11) is 0. The van der Waals surface area contributed by atoms with Gasteiger partial charge in [-0.05, 0) is 63.5 Å². The smallest absolute Gasteiger partial charge is 0.314 e. The minimum atomic E-state index is -0.716. The van der Waals surface area contributed by atoms with Crippen LogP contribution in [0.25, 0.3) is 0 Å². The number of aliphatic carboxylic acids is 1. The van der Waals surface area contributed by atoms with Gasteiger partial charge in [-0.2, -0.15) is 0 Å². The Morgan fingerprint density at radius 3 is 2.38 bits per heavy atom. The lowest BCUT2D eigenvalue weighted by Crippen LogP contribution is -2.43. The molecule has 1 aromatic carbocycles. The summed E-state index contributed by atoms with van der Waals surface area (Å²) < 4.78 is 6.29. The van der Waals surface area contributed by atoms with E-state index in [0.717, 1.165) is 49.0 Å². The fraction of sp³-hybridized carbons (Fsp3) is 0.611.